The Morgan fingerprint density at radius 3 is 3.16 bits per heavy atom. The van der Waals surface area contributed by atoms with Gasteiger partial charge in [0.15, 0.2) is 0 Å². The molecule has 0 spiro atoms. The summed E-state index contributed by atoms with van der Waals surface area (Å²) in [5.74, 6) is 0.785. The van der Waals surface area contributed by atoms with Gasteiger partial charge in [-0.05, 0) is 50.0 Å². The first kappa shape index (κ1) is 13.1. The first-order valence-electron chi connectivity index (χ1n) is 7.42. The van der Waals surface area contributed by atoms with E-state index in [9.17, 15) is 0 Å². The van der Waals surface area contributed by atoms with E-state index in [2.05, 4.69) is 41.5 Å². The van der Waals surface area contributed by atoms with Crippen LogP contribution < -0.4 is 5.32 Å². The lowest BCUT2D eigenvalue weighted by molar-refractivity contribution is 0.0150. The van der Waals surface area contributed by atoms with Crippen molar-refractivity contribution in [2.45, 2.75) is 25.5 Å². The number of ether oxygens (including phenoxy) is 1. The Balaban J connectivity index is 1.75. The minimum atomic E-state index is 0.463. The van der Waals surface area contributed by atoms with Crippen molar-refractivity contribution in [1.29, 1.82) is 0 Å². The molecular weight excluding hydrogens is 236 g/mol. The van der Waals surface area contributed by atoms with Crippen molar-refractivity contribution in [3.8, 4) is 0 Å². The highest BCUT2D eigenvalue weighted by atomic mass is 16.5. The van der Waals surface area contributed by atoms with Gasteiger partial charge in [0.05, 0.1) is 19.3 Å². The van der Waals surface area contributed by atoms with Crippen LogP contribution in [0, 0.1) is 5.92 Å². The Kier molecular flexibility index (Phi) is 4.16. The topological polar surface area (TPSA) is 24.5 Å². The average Bonchev–Trinajstić information content (AvgIpc) is 2.47. The molecule has 2 aliphatic heterocycles. The second kappa shape index (κ2) is 6.04. The van der Waals surface area contributed by atoms with Crippen LogP contribution >= 0.6 is 0 Å². The van der Waals surface area contributed by atoms with Crippen molar-refractivity contribution in [2.24, 2.45) is 5.92 Å². The van der Waals surface area contributed by atoms with Crippen LogP contribution in [0.4, 0.5) is 0 Å². The van der Waals surface area contributed by atoms with E-state index >= 15 is 0 Å². The molecule has 3 rings (SSSR count). The number of hydrogen-bond donors (Lipinski definition) is 1. The number of likely N-dealkylation sites (tertiary alicyclic amines) is 1. The number of fused-ring (bicyclic) bond motifs is 1. The van der Waals surface area contributed by atoms with E-state index in [0.717, 1.165) is 25.7 Å². The van der Waals surface area contributed by atoms with Gasteiger partial charge < -0.3 is 10.1 Å². The molecule has 19 heavy (non-hydrogen) atoms. The minimum Gasteiger partial charge on any atom is -0.375 e. The van der Waals surface area contributed by atoms with Gasteiger partial charge in [0, 0.05) is 6.54 Å². The summed E-state index contributed by atoms with van der Waals surface area (Å²) >= 11 is 0. The average molecular weight is 260 g/mol. The van der Waals surface area contributed by atoms with Crippen molar-refractivity contribution < 1.29 is 4.74 Å². The van der Waals surface area contributed by atoms with Crippen LogP contribution in [-0.2, 0) is 11.3 Å². The zero-order valence-electron chi connectivity index (χ0n) is 11.8. The molecule has 2 unspecified atom stereocenters. The van der Waals surface area contributed by atoms with Crippen LogP contribution in [0.5, 0.6) is 0 Å². The van der Waals surface area contributed by atoms with Crippen LogP contribution in [-0.4, -0.2) is 38.2 Å². The lowest BCUT2D eigenvalue weighted by atomic mass is 9.92. The minimum absolute atomic E-state index is 0.463. The Hall–Kier alpha value is -0.900. The van der Waals surface area contributed by atoms with E-state index in [1.807, 2.05) is 0 Å². The number of benzene rings is 1. The summed E-state index contributed by atoms with van der Waals surface area (Å²) in [7, 11) is 2.05. The van der Waals surface area contributed by atoms with Crippen LogP contribution in [0.1, 0.15) is 30.0 Å². The maximum Gasteiger partial charge on any atom is 0.0721 e. The molecule has 0 aromatic heterocycles. The Labute approximate surface area is 115 Å². The molecule has 0 aliphatic carbocycles. The van der Waals surface area contributed by atoms with E-state index in [-0.39, 0.29) is 0 Å². The Morgan fingerprint density at radius 1 is 1.37 bits per heavy atom. The van der Waals surface area contributed by atoms with Gasteiger partial charge in [-0.1, -0.05) is 24.3 Å². The quantitative estimate of drug-likeness (QED) is 0.901. The smallest absolute Gasteiger partial charge is 0.0721 e. The lowest BCUT2D eigenvalue weighted by Crippen LogP contribution is -2.43. The fourth-order valence-corrected chi connectivity index (χ4v) is 3.50. The van der Waals surface area contributed by atoms with Gasteiger partial charge in [-0.25, -0.2) is 0 Å². The zero-order chi connectivity index (χ0) is 13.1. The summed E-state index contributed by atoms with van der Waals surface area (Å²) in [6.45, 7) is 5.17. The maximum atomic E-state index is 5.80. The normalized spacial score (nSPS) is 28.1. The molecule has 0 radical (unpaired) electrons. The molecule has 3 nitrogen and oxygen atoms in total. The Bertz CT molecular complexity index is 419. The molecule has 0 amide bonds. The van der Waals surface area contributed by atoms with E-state index in [0.29, 0.717) is 6.04 Å². The fraction of sp³-hybridized carbons (Fsp3) is 0.625. The van der Waals surface area contributed by atoms with Crippen molar-refractivity contribution in [3.63, 3.8) is 0 Å². The molecule has 2 heterocycles. The van der Waals surface area contributed by atoms with E-state index in [1.165, 1.54) is 37.1 Å². The van der Waals surface area contributed by atoms with Crippen LogP contribution in [0.2, 0.25) is 0 Å². The van der Waals surface area contributed by atoms with Gasteiger partial charge in [-0.2, -0.15) is 0 Å². The Morgan fingerprint density at radius 2 is 2.26 bits per heavy atom. The second-order valence-electron chi connectivity index (χ2n) is 5.79. The molecule has 1 fully saturated rings. The lowest BCUT2D eigenvalue weighted by Gasteiger charge is -2.40. The van der Waals surface area contributed by atoms with Crippen LogP contribution in [0.3, 0.4) is 0 Å². The molecule has 2 aliphatic rings. The monoisotopic (exact) mass is 260 g/mol. The molecule has 0 saturated carbocycles. The predicted octanol–water partition coefficient (Wildman–Crippen LogP) is 2.19. The number of piperidine rings is 1. The van der Waals surface area contributed by atoms with E-state index in [4.69, 9.17) is 4.74 Å². The van der Waals surface area contributed by atoms with Crippen molar-refractivity contribution in [3.05, 3.63) is 35.4 Å². The third-order valence-electron chi connectivity index (χ3n) is 4.43. The van der Waals surface area contributed by atoms with Gasteiger partial charge >= 0.3 is 0 Å². The summed E-state index contributed by atoms with van der Waals surface area (Å²) in [5, 5.41) is 3.32. The maximum absolute atomic E-state index is 5.80. The fourth-order valence-electron chi connectivity index (χ4n) is 3.50. The molecule has 1 saturated heterocycles. The zero-order valence-corrected chi connectivity index (χ0v) is 11.8. The van der Waals surface area contributed by atoms with Crippen molar-refractivity contribution in [2.75, 3.05) is 33.3 Å². The highest BCUT2D eigenvalue weighted by molar-refractivity contribution is 5.31. The summed E-state index contributed by atoms with van der Waals surface area (Å²) < 4.78 is 5.80. The molecule has 1 aromatic carbocycles. The van der Waals surface area contributed by atoms with Crippen LogP contribution in [0.25, 0.3) is 0 Å². The highest BCUT2D eigenvalue weighted by Gasteiger charge is 2.29. The first-order chi connectivity index (χ1) is 9.38. The third kappa shape index (κ3) is 2.83. The van der Waals surface area contributed by atoms with Gasteiger partial charge in [-0.3, -0.25) is 4.90 Å². The molecule has 1 N–H and O–H groups in total. The molecular formula is C16H24N2O. The number of hydrogen-bond acceptors (Lipinski definition) is 3. The van der Waals surface area contributed by atoms with E-state index < -0.39 is 0 Å². The van der Waals surface area contributed by atoms with Crippen molar-refractivity contribution >= 4 is 0 Å². The van der Waals surface area contributed by atoms with Gasteiger partial charge in [0.25, 0.3) is 0 Å². The number of nitrogens with zero attached hydrogens (tertiary/aromatic N) is 1. The number of nitrogens with one attached hydrogen (secondary N) is 1. The standard InChI is InChI=1S/C16H24N2O/c1-17-9-13-5-4-8-18(10-13)16-12-19-11-14-6-2-3-7-15(14)16/h2-3,6-7,13,16-17H,4-5,8-12H2,1H3. The van der Waals surface area contributed by atoms with Crippen LogP contribution in [0.15, 0.2) is 24.3 Å². The molecule has 104 valence electrons. The van der Waals surface area contributed by atoms with Gasteiger partial charge in [0.1, 0.15) is 0 Å². The third-order valence-corrected chi connectivity index (χ3v) is 4.43. The molecule has 3 heteroatoms. The van der Waals surface area contributed by atoms with Gasteiger partial charge in [0.2, 0.25) is 0 Å². The number of rotatable bonds is 3. The predicted molar refractivity (Wildman–Crippen MR) is 77.1 cm³/mol. The molecule has 1 aromatic rings. The SMILES string of the molecule is CNCC1CCCN(C2COCc3ccccc32)C1. The molecule has 2 atom stereocenters. The summed E-state index contributed by atoms with van der Waals surface area (Å²) in [5.41, 5.74) is 2.85. The summed E-state index contributed by atoms with van der Waals surface area (Å²) in [6, 6.07) is 9.22. The second-order valence-corrected chi connectivity index (χ2v) is 5.79. The summed E-state index contributed by atoms with van der Waals surface area (Å²) in [4.78, 5) is 2.63. The largest absolute Gasteiger partial charge is 0.375 e. The highest BCUT2D eigenvalue weighted by Crippen LogP contribution is 2.32. The van der Waals surface area contributed by atoms with E-state index in [1.54, 1.807) is 0 Å². The van der Waals surface area contributed by atoms with Crippen molar-refractivity contribution in [1.82, 2.24) is 10.2 Å². The molecule has 0 bridgehead atoms. The summed E-state index contributed by atoms with van der Waals surface area (Å²) in [6.07, 6.45) is 2.66. The van der Waals surface area contributed by atoms with Gasteiger partial charge in [-0.15, -0.1) is 0 Å². The first-order valence-corrected chi connectivity index (χ1v) is 7.42.